The summed E-state index contributed by atoms with van der Waals surface area (Å²) >= 11 is 0. The Bertz CT molecular complexity index is 321. The Morgan fingerprint density at radius 3 is 2.12 bits per heavy atom. The van der Waals surface area contributed by atoms with E-state index < -0.39 is 0 Å². The Morgan fingerprint density at radius 1 is 1.06 bits per heavy atom. The smallest absolute Gasteiger partial charge is 0.00104 e. The zero-order valence-corrected chi connectivity index (χ0v) is 12.0. The van der Waals surface area contributed by atoms with Crippen LogP contribution >= 0.6 is 0 Å². The minimum atomic E-state index is 0.586. The summed E-state index contributed by atoms with van der Waals surface area (Å²) in [6.07, 6.45) is 2.44. The predicted octanol–water partition coefficient (Wildman–Crippen LogP) is 3.87. The lowest BCUT2D eigenvalue weighted by molar-refractivity contribution is 0.436. The quantitative estimate of drug-likeness (QED) is 0.786. The third kappa shape index (κ3) is 5.36. The van der Waals surface area contributed by atoms with Gasteiger partial charge in [-0.05, 0) is 38.3 Å². The van der Waals surface area contributed by atoms with Gasteiger partial charge in [0.2, 0.25) is 0 Å². The van der Waals surface area contributed by atoms with Crippen LogP contribution in [0.1, 0.15) is 43.9 Å². The van der Waals surface area contributed by atoms with Crippen LogP contribution in [0.4, 0.5) is 0 Å². The van der Waals surface area contributed by atoms with Crippen LogP contribution in [-0.4, -0.2) is 12.6 Å². The van der Waals surface area contributed by atoms with Gasteiger partial charge in [0.05, 0.1) is 0 Å². The van der Waals surface area contributed by atoms with E-state index in [0.717, 1.165) is 12.5 Å². The maximum atomic E-state index is 3.55. The molecule has 1 N–H and O–H groups in total. The van der Waals surface area contributed by atoms with Crippen molar-refractivity contribution >= 4 is 0 Å². The van der Waals surface area contributed by atoms with E-state index in [0.29, 0.717) is 6.04 Å². The summed E-state index contributed by atoms with van der Waals surface area (Å²) in [6, 6.07) is 7.48. The Hall–Kier alpha value is -0.820. The van der Waals surface area contributed by atoms with Crippen LogP contribution in [0.2, 0.25) is 0 Å². The van der Waals surface area contributed by atoms with Crippen molar-refractivity contribution in [3.63, 3.8) is 0 Å². The molecule has 0 bridgehead atoms. The third-order valence-corrected chi connectivity index (χ3v) is 3.20. The molecule has 0 saturated heterocycles. The fourth-order valence-electron chi connectivity index (χ4n) is 2.28. The highest BCUT2D eigenvalue weighted by molar-refractivity contribution is 5.28. The van der Waals surface area contributed by atoms with Crippen LogP contribution in [0, 0.1) is 19.8 Å². The number of benzene rings is 1. The van der Waals surface area contributed by atoms with Gasteiger partial charge in [0.15, 0.2) is 0 Å². The molecule has 1 aromatic carbocycles. The number of hydrogen-bond donors (Lipinski definition) is 1. The Kier molecular flexibility index (Phi) is 5.70. The Balaban J connectivity index is 2.60. The topological polar surface area (TPSA) is 12.0 Å². The van der Waals surface area contributed by atoms with Gasteiger partial charge in [0, 0.05) is 6.04 Å². The van der Waals surface area contributed by atoms with E-state index in [2.05, 4.69) is 58.1 Å². The number of nitrogens with one attached hydrogen (secondary N) is 1. The summed E-state index contributed by atoms with van der Waals surface area (Å²) in [7, 11) is 0. The van der Waals surface area contributed by atoms with Crippen molar-refractivity contribution in [1.82, 2.24) is 5.32 Å². The first-order valence-corrected chi connectivity index (χ1v) is 6.81. The molecule has 0 fully saturated rings. The molecule has 0 aliphatic rings. The molecular formula is C16H27N. The monoisotopic (exact) mass is 233 g/mol. The molecule has 1 unspecified atom stereocenters. The predicted molar refractivity (Wildman–Crippen MR) is 76.5 cm³/mol. The molecule has 96 valence electrons. The second-order valence-corrected chi connectivity index (χ2v) is 5.54. The first-order chi connectivity index (χ1) is 8.01. The Morgan fingerprint density at radius 2 is 1.65 bits per heavy atom. The van der Waals surface area contributed by atoms with Crippen LogP contribution < -0.4 is 5.32 Å². The van der Waals surface area contributed by atoms with Crippen LogP contribution in [0.25, 0.3) is 0 Å². The van der Waals surface area contributed by atoms with E-state index in [1.807, 2.05) is 0 Å². The summed E-state index contributed by atoms with van der Waals surface area (Å²) in [5.41, 5.74) is 4.25. The second kappa shape index (κ2) is 6.80. The lowest BCUT2D eigenvalue weighted by Gasteiger charge is -2.18. The van der Waals surface area contributed by atoms with Gasteiger partial charge in [-0.15, -0.1) is 0 Å². The number of aryl methyl sites for hydroxylation is 2. The normalized spacial score (nSPS) is 13.1. The van der Waals surface area contributed by atoms with Crippen molar-refractivity contribution in [3.8, 4) is 0 Å². The molecule has 1 heteroatoms. The molecule has 0 heterocycles. The van der Waals surface area contributed by atoms with Crippen molar-refractivity contribution in [3.05, 3.63) is 34.9 Å². The van der Waals surface area contributed by atoms with Crippen molar-refractivity contribution in [1.29, 1.82) is 0 Å². The molecule has 1 aromatic rings. The summed E-state index contributed by atoms with van der Waals surface area (Å²) in [4.78, 5) is 0. The lowest BCUT2D eigenvalue weighted by Crippen LogP contribution is -2.29. The molecule has 0 radical (unpaired) electrons. The van der Waals surface area contributed by atoms with Crippen LogP contribution in [-0.2, 0) is 6.42 Å². The van der Waals surface area contributed by atoms with E-state index in [1.165, 1.54) is 29.5 Å². The van der Waals surface area contributed by atoms with Crippen molar-refractivity contribution in [2.24, 2.45) is 5.92 Å². The molecule has 1 atom stereocenters. The summed E-state index contributed by atoms with van der Waals surface area (Å²) in [5.74, 6) is 0.749. The summed E-state index contributed by atoms with van der Waals surface area (Å²) < 4.78 is 0. The fraction of sp³-hybridized carbons (Fsp3) is 0.625. The van der Waals surface area contributed by atoms with Crippen LogP contribution in [0.5, 0.6) is 0 Å². The average Bonchev–Trinajstić information content (AvgIpc) is 2.22. The van der Waals surface area contributed by atoms with E-state index >= 15 is 0 Å². The molecule has 1 nitrogen and oxygen atoms in total. The van der Waals surface area contributed by atoms with E-state index in [-0.39, 0.29) is 0 Å². The molecular weight excluding hydrogens is 206 g/mol. The lowest BCUT2D eigenvalue weighted by atomic mass is 9.94. The second-order valence-electron chi connectivity index (χ2n) is 5.54. The Labute approximate surface area is 107 Å². The zero-order chi connectivity index (χ0) is 12.8. The van der Waals surface area contributed by atoms with Crippen LogP contribution in [0.15, 0.2) is 18.2 Å². The first kappa shape index (κ1) is 14.2. The van der Waals surface area contributed by atoms with Gasteiger partial charge >= 0.3 is 0 Å². The minimum absolute atomic E-state index is 0.586. The summed E-state index contributed by atoms with van der Waals surface area (Å²) in [5, 5.41) is 3.55. The SMILES string of the molecule is CCC(CNC(C)C)Cc1cc(C)cc(C)c1. The molecule has 0 aromatic heterocycles. The largest absolute Gasteiger partial charge is 0.314 e. The van der Waals surface area contributed by atoms with Gasteiger partial charge in [0.1, 0.15) is 0 Å². The van der Waals surface area contributed by atoms with Crippen LogP contribution in [0.3, 0.4) is 0 Å². The average molecular weight is 233 g/mol. The highest BCUT2D eigenvalue weighted by Gasteiger charge is 2.08. The molecule has 17 heavy (non-hydrogen) atoms. The maximum absolute atomic E-state index is 3.55. The molecule has 1 rings (SSSR count). The number of hydrogen-bond acceptors (Lipinski definition) is 1. The van der Waals surface area contributed by atoms with Crippen molar-refractivity contribution < 1.29 is 0 Å². The van der Waals surface area contributed by atoms with Gasteiger partial charge < -0.3 is 5.32 Å². The van der Waals surface area contributed by atoms with Crippen molar-refractivity contribution in [2.75, 3.05) is 6.54 Å². The molecule has 0 saturated carbocycles. The summed E-state index contributed by atoms with van der Waals surface area (Å²) in [6.45, 7) is 12.2. The highest BCUT2D eigenvalue weighted by atomic mass is 14.9. The fourth-order valence-corrected chi connectivity index (χ4v) is 2.28. The van der Waals surface area contributed by atoms with E-state index in [9.17, 15) is 0 Å². The van der Waals surface area contributed by atoms with Gasteiger partial charge in [-0.2, -0.15) is 0 Å². The zero-order valence-electron chi connectivity index (χ0n) is 12.0. The standard InChI is InChI=1S/C16H27N/c1-6-15(11-17-12(2)3)10-16-8-13(4)7-14(5)9-16/h7-9,12,15,17H,6,10-11H2,1-5H3. The third-order valence-electron chi connectivity index (χ3n) is 3.20. The minimum Gasteiger partial charge on any atom is -0.314 e. The van der Waals surface area contributed by atoms with Crippen molar-refractivity contribution in [2.45, 2.75) is 53.5 Å². The highest BCUT2D eigenvalue weighted by Crippen LogP contribution is 2.15. The van der Waals surface area contributed by atoms with Gasteiger partial charge in [-0.3, -0.25) is 0 Å². The number of rotatable bonds is 6. The molecule has 0 aliphatic heterocycles. The van der Waals surface area contributed by atoms with Gasteiger partial charge in [-0.25, -0.2) is 0 Å². The van der Waals surface area contributed by atoms with E-state index in [1.54, 1.807) is 0 Å². The maximum Gasteiger partial charge on any atom is 0.00104 e. The molecule has 0 spiro atoms. The van der Waals surface area contributed by atoms with Gasteiger partial charge in [-0.1, -0.05) is 56.5 Å². The van der Waals surface area contributed by atoms with Gasteiger partial charge in [0.25, 0.3) is 0 Å². The van der Waals surface area contributed by atoms with E-state index in [4.69, 9.17) is 0 Å². The molecule has 0 amide bonds. The first-order valence-electron chi connectivity index (χ1n) is 6.81. The molecule has 0 aliphatic carbocycles.